The SMILES string of the molecule is N#Cc1cc(Nc2ccc(Oc3ccc(Cl)cc3)cc2)c([N+](=O)[O-])cc1C#N. The highest BCUT2D eigenvalue weighted by atomic mass is 35.5. The van der Waals surface area contributed by atoms with Gasteiger partial charge in [0.05, 0.1) is 16.1 Å². The van der Waals surface area contributed by atoms with Crippen LogP contribution in [0.4, 0.5) is 17.1 Å². The molecule has 28 heavy (non-hydrogen) atoms. The molecule has 0 fully saturated rings. The lowest BCUT2D eigenvalue weighted by Gasteiger charge is -2.10. The van der Waals surface area contributed by atoms with Crippen molar-refractivity contribution in [1.82, 2.24) is 0 Å². The minimum absolute atomic E-state index is 0.0496. The van der Waals surface area contributed by atoms with Gasteiger partial charge in [0.15, 0.2) is 0 Å². The van der Waals surface area contributed by atoms with Crippen molar-refractivity contribution in [2.75, 3.05) is 5.32 Å². The largest absolute Gasteiger partial charge is 0.457 e. The van der Waals surface area contributed by atoms with Crippen molar-refractivity contribution >= 4 is 28.7 Å². The predicted molar refractivity (Wildman–Crippen MR) is 104 cm³/mol. The smallest absolute Gasteiger partial charge is 0.294 e. The summed E-state index contributed by atoms with van der Waals surface area (Å²) in [6, 6.07) is 19.7. The maximum Gasteiger partial charge on any atom is 0.294 e. The Morgan fingerprint density at radius 1 is 0.929 bits per heavy atom. The van der Waals surface area contributed by atoms with Crippen molar-refractivity contribution in [1.29, 1.82) is 10.5 Å². The second-order valence-electron chi connectivity index (χ2n) is 5.60. The highest BCUT2D eigenvalue weighted by Crippen LogP contribution is 2.32. The van der Waals surface area contributed by atoms with Gasteiger partial charge in [0.25, 0.3) is 5.69 Å². The number of rotatable bonds is 5. The molecule has 0 heterocycles. The molecule has 0 aliphatic heterocycles. The number of nitro groups is 1. The topological polar surface area (TPSA) is 112 Å². The molecule has 7 nitrogen and oxygen atoms in total. The van der Waals surface area contributed by atoms with Crippen LogP contribution in [0.3, 0.4) is 0 Å². The van der Waals surface area contributed by atoms with E-state index in [1.807, 2.05) is 6.07 Å². The summed E-state index contributed by atoms with van der Waals surface area (Å²) in [7, 11) is 0. The zero-order valence-corrected chi connectivity index (χ0v) is 15.0. The van der Waals surface area contributed by atoms with Gasteiger partial charge in [0.1, 0.15) is 29.3 Å². The third-order valence-corrected chi connectivity index (χ3v) is 4.01. The van der Waals surface area contributed by atoms with Crippen LogP contribution in [0, 0.1) is 32.8 Å². The van der Waals surface area contributed by atoms with Crippen molar-refractivity contribution in [3.8, 4) is 23.6 Å². The maximum absolute atomic E-state index is 11.3. The van der Waals surface area contributed by atoms with Gasteiger partial charge in [0.2, 0.25) is 0 Å². The van der Waals surface area contributed by atoms with Crippen LogP contribution in [-0.2, 0) is 0 Å². The molecule has 136 valence electrons. The molecule has 8 heteroatoms. The molecule has 0 radical (unpaired) electrons. The molecule has 1 N–H and O–H groups in total. The second kappa shape index (κ2) is 8.09. The molecule has 3 aromatic carbocycles. The van der Waals surface area contributed by atoms with E-state index in [2.05, 4.69) is 5.32 Å². The first-order chi connectivity index (χ1) is 13.5. The number of nitriles is 2. The minimum Gasteiger partial charge on any atom is -0.457 e. The Hall–Kier alpha value is -4.07. The van der Waals surface area contributed by atoms with E-state index in [1.54, 1.807) is 54.6 Å². The summed E-state index contributed by atoms with van der Waals surface area (Å²) in [6.07, 6.45) is 0. The molecule has 0 amide bonds. The van der Waals surface area contributed by atoms with Gasteiger partial charge in [-0.3, -0.25) is 10.1 Å². The first-order valence-electron chi connectivity index (χ1n) is 7.93. The van der Waals surface area contributed by atoms with Gasteiger partial charge < -0.3 is 10.1 Å². The van der Waals surface area contributed by atoms with E-state index in [4.69, 9.17) is 26.9 Å². The average molecular weight is 391 g/mol. The van der Waals surface area contributed by atoms with E-state index in [-0.39, 0.29) is 22.5 Å². The van der Waals surface area contributed by atoms with Crippen LogP contribution in [0.5, 0.6) is 11.5 Å². The molecule has 0 aromatic heterocycles. The Kier molecular flexibility index (Phi) is 5.40. The van der Waals surface area contributed by atoms with E-state index >= 15 is 0 Å². The quantitative estimate of drug-likeness (QED) is 0.453. The lowest BCUT2D eigenvalue weighted by atomic mass is 10.1. The second-order valence-corrected chi connectivity index (χ2v) is 6.04. The van der Waals surface area contributed by atoms with E-state index in [0.717, 1.165) is 6.07 Å². The van der Waals surface area contributed by atoms with Crippen LogP contribution in [-0.4, -0.2) is 4.92 Å². The Labute approximate surface area is 165 Å². The molecule has 0 aliphatic rings. The van der Waals surface area contributed by atoms with Crippen LogP contribution < -0.4 is 10.1 Å². The van der Waals surface area contributed by atoms with E-state index in [9.17, 15) is 10.1 Å². The summed E-state index contributed by atoms with van der Waals surface area (Å²) in [5, 5.41) is 33.0. The highest BCUT2D eigenvalue weighted by molar-refractivity contribution is 6.30. The first-order valence-corrected chi connectivity index (χ1v) is 8.31. The fourth-order valence-electron chi connectivity index (χ4n) is 2.42. The monoisotopic (exact) mass is 390 g/mol. The van der Waals surface area contributed by atoms with Crippen LogP contribution in [0.1, 0.15) is 11.1 Å². The fourth-order valence-corrected chi connectivity index (χ4v) is 2.55. The number of nitrogens with one attached hydrogen (secondary N) is 1. The minimum atomic E-state index is -0.609. The molecule has 0 bridgehead atoms. The molecule has 0 aliphatic carbocycles. The van der Waals surface area contributed by atoms with Crippen molar-refractivity contribution in [3.05, 3.63) is 86.9 Å². The van der Waals surface area contributed by atoms with Gasteiger partial charge in [-0.05, 0) is 54.6 Å². The van der Waals surface area contributed by atoms with Crippen molar-refractivity contribution < 1.29 is 9.66 Å². The zero-order valence-electron chi connectivity index (χ0n) is 14.2. The summed E-state index contributed by atoms with van der Waals surface area (Å²) in [5.74, 6) is 1.19. The molecular formula is C20H11ClN4O3. The van der Waals surface area contributed by atoms with Crippen molar-refractivity contribution in [3.63, 3.8) is 0 Å². The number of benzene rings is 3. The number of anilines is 2. The first kappa shape index (κ1) is 18.7. The normalized spacial score (nSPS) is 9.82. The predicted octanol–water partition coefficient (Wildman–Crippen LogP) is 5.53. The van der Waals surface area contributed by atoms with E-state index in [0.29, 0.717) is 22.2 Å². The summed E-state index contributed by atoms with van der Waals surface area (Å²) in [5.41, 5.74) is 0.383. The standard InChI is InChI=1S/C20H11ClN4O3/c21-15-1-5-17(6-2-15)28-18-7-3-16(4-8-18)24-19-9-13(11-22)14(12-23)10-20(19)25(26)27/h1-10,24H. The number of nitrogens with zero attached hydrogens (tertiary/aromatic N) is 3. The van der Waals surface area contributed by atoms with E-state index < -0.39 is 4.92 Å². The zero-order chi connectivity index (χ0) is 20.1. The summed E-state index contributed by atoms with van der Waals surface area (Å²) >= 11 is 5.84. The van der Waals surface area contributed by atoms with E-state index in [1.165, 1.54) is 6.07 Å². The number of hydrogen-bond acceptors (Lipinski definition) is 6. The average Bonchev–Trinajstić information content (AvgIpc) is 2.70. The molecule has 3 rings (SSSR count). The molecule has 0 unspecified atom stereocenters. The van der Waals surface area contributed by atoms with Gasteiger partial charge in [-0.25, -0.2) is 0 Å². The molecule has 0 saturated carbocycles. The highest BCUT2D eigenvalue weighted by Gasteiger charge is 2.18. The Morgan fingerprint density at radius 2 is 1.46 bits per heavy atom. The lowest BCUT2D eigenvalue weighted by Crippen LogP contribution is -1.99. The lowest BCUT2D eigenvalue weighted by molar-refractivity contribution is -0.383. The van der Waals surface area contributed by atoms with Gasteiger partial charge in [0, 0.05) is 16.8 Å². The van der Waals surface area contributed by atoms with Crippen molar-refractivity contribution in [2.24, 2.45) is 0 Å². The van der Waals surface area contributed by atoms with Crippen LogP contribution in [0.15, 0.2) is 60.7 Å². The Bertz CT molecular complexity index is 1110. The third kappa shape index (κ3) is 4.18. The molecule has 3 aromatic rings. The van der Waals surface area contributed by atoms with Crippen LogP contribution >= 0.6 is 11.6 Å². The number of hydrogen-bond donors (Lipinski definition) is 1. The Morgan fingerprint density at radius 3 is 2.00 bits per heavy atom. The molecule has 0 atom stereocenters. The van der Waals surface area contributed by atoms with Gasteiger partial charge >= 0.3 is 0 Å². The molecule has 0 spiro atoms. The fraction of sp³-hybridized carbons (Fsp3) is 0. The molecular weight excluding hydrogens is 380 g/mol. The summed E-state index contributed by atoms with van der Waals surface area (Å²) in [4.78, 5) is 10.7. The number of halogens is 1. The van der Waals surface area contributed by atoms with Gasteiger partial charge in [-0.15, -0.1) is 0 Å². The van der Waals surface area contributed by atoms with Crippen LogP contribution in [0.2, 0.25) is 5.02 Å². The number of ether oxygens (including phenoxy) is 1. The summed E-state index contributed by atoms with van der Waals surface area (Å²) in [6.45, 7) is 0. The van der Waals surface area contributed by atoms with Gasteiger partial charge in [-0.2, -0.15) is 10.5 Å². The van der Waals surface area contributed by atoms with Crippen molar-refractivity contribution in [2.45, 2.75) is 0 Å². The third-order valence-electron chi connectivity index (χ3n) is 3.76. The Balaban J connectivity index is 1.84. The summed E-state index contributed by atoms with van der Waals surface area (Å²) < 4.78 is 5.69. The van der Waals surface area contributed by atoms with Crippen LogP contribution in [0.25, 0.3) is 0 Å². The maximum atomic E-state index is 11.3. The number of nitro benzene ring substituents is 1. The van der Waals surface area contributed by atoms with Gasteiger partial charge in [-0.1, -0.05) is 11.6 Å². The molecule has 0 saturated heterocycles.